The highest BCUT2D eigenvalue weighted by Crippen LogP contribution is 2.15. The lowest BCUT2D eigenvalue weighted by Crippen LogP contribution is -1.71. The summed E-state index contributed by atoms with van der Waals surface area (Å²) in [6.45, 7) is 10.0. The number of rotatable bonds is 0. The van der Waals surface area contributed by atoms with Crippen LogP contribution in [0.1, 0.15) is 33.3 Å². The minimum absolute atomic E-state index is 0.891. The van der Waals surface area contributed by atoms with Crippen molar-refractivity contribution in [3.63, 3.8) is 0 Å². The van der Waals surface area contributed by atoms with Gasteiger partial charge in [0, 0.05) is 0 Å². The Morgan fingerprint density at radius 2 is 1.71 bits per heavy atom. The van der Waals surface area contributed by atoms with E-state index in [9.17, 15) is 0 Å². The number of para-hydroxylation sites is 1. The maximum absolute atomic E-state index is 5.14. The largest absolute Gasteiger partial charge is 0.443 e. The van der Waals surface area contributed by atoms with E-state index in [0.29, 0.717) is 0 Å². The lowest BCUT2D eigenvalue weighted by atomic mass is 10.2. The molecule has 0 aliphatic carbocycles. The van der Waals surface area contributed by atoms with Crippen molar-refractivity contribution in [3.8, 4) is 0 Å². The topological polar surface area (TPSA) is 26.0 Å². The first-order chi connectivity index (χ1) is 6.88. The molecule has 2 nitrogen and oxygen atoms in total. The Labute approximate surface area is 86.0 Å². The van der Waals surface area contributed by atoms with Crippen molar-refractivity contribution >= 4 is 11.1 Å². The number of benzene rings is 1. The molecule has 1 aromatic heterocycles. The summed E-state index contributed by atoms with van der Waals surface area (Å²) in [5.41, 5.74) is 2.96. The predicted octanol–water partition coefficient (Wildman–Crippen LogP) is 4.19. The first kappa shape index (κ1) is 12.7. The summed E-state index contributed by atoms with van der Waals surface area (Å²) in [5, 5.41) is 0. The zero-order valence-electron chi connectivity index (χ0n) is 9.66. The number of hydrogen-bond acceptors (Lipinski definition) is 2. The lowest BCUT2D eigenvalue weighted by molar-refractivity contribution is 0.600. The molecule has 0 amide bonds. The molecule has 0 saturated heterocycles. The van der Waals surface area contributed by atoms with E-state index in [1.807, 2.05) is 52.8 Å². The summed E-state index contributed by atoms with van der Waals surface area (Å²) in [5.74, 6) is 0. The van der Waals surface area contributed by atoms with Gasteiger partial charge in [-0.1, -0.05) is 39.8 Å². The van der Waals surface area contributed by atoms with Gasteiger partial charge >= 0.3 is 0 Å². The van der Waals surface area contributed by atoms with Crippen LogP contribution < -0.4 is 0 Å². The molecule has 14 heavy (non-hydrogen) atoms. The van der Waals surface area contributed by atoms with Gasteiger partial charge in [-0.2, -0.15) is 0 Å². The molecule has 1 aromatic carbocycles. The molecule has 0 N–H and O–H groups in total. The molecule has 2 rings (SSSR count). The molecule has 0 fully saturated rings. The quantitative estimate of drug-likeness (QED) is 0.627. The second-order valence-electron chi connectivity index (χ2n) is 2.28. The number of nitrogens with zero attached hydrogens (tertiary/aromatic N) is 1. The van der Waals surface area contributed by atoms with Crippen molar-refractivity contribution in [1.82, 2.24) is 4.98 Å². The Hall–Kier alpha value is -1.31. The SMILES string of the molecule is CC.CC.Cc1cccc2ncoc12. The van der Waals surface area contributed by atoms with Crippen LogP contribution in [0.25, 0.3) is 11.1 Å². The third-order valence-corrected chi connectivity index (χ3v) is 1.55. The van der Waals surface area contributed by atoms with Gasteiger partial charge in [-0.15, -0.1) is 0 Å². The van der Waals surface area contributed by atoms with Gasteiger partial charge in [-0.25, -0.2) is 4.98 Å². The highest BCUT2D eigenvalue weighted by Gasteiger charge is 1.98. The summed E-state index contributed by atoms with van der Waals surface area (Å²) in [6.07, 6.45) is 1.47. The Morgan fingerprint density at radius 3 is 2.29 bits per heavy atom. The van der Waals surface area contributed by atoms with Crippen LogP contribution in [-0.2, 0) is 0 Å². The fourth-order valence-corrected chi connectivity index (χ4v) is 1.03. The van der Waals surface area contributed by atoms with Crippen LogP contribution in [0.15, 0.2) is 29.0 Å². The molecule has 1 heterocycles. The monoisotopic (exact) mass is 193 g/mol. The Balaban J connectivity index is 0.000000379. The number of aromatic nitrogens is 1. The normalized spacial score (nSPS) is 8.36. The molecule has 2 heteroatoms. The molecular formula is C12H19NO. The Morgan fingerprint density at radius 1 is 1.07 bits per heavy atom. The van der Waals surface area contributed by atoms with Crippen molar-refractivity contribution in [2.45, 2.75) is 34.6 Å². The summed E-state index contributed by atoms with van der Waals surface area (Å²) < 4.78 is 5.14. The third kappa shape index (κ3) is 2.87. The Bertz CT molecular complexity index is 352. The second-order valence-corrected chi connectivity index (χ2v) is 2.28. The van der Waals surface area contributed by atoms with Crippen molar-refractivity contribution in [2.75, 3.05) is 0 Å². The van der Waals surface area contributed by atoms with E-state index in [2.05, 4.69) is 4.98 Å². The van der Waals surface area contributed by atoms with Gasteiger partial charge in [0.2, 0.25) is 0 Å². The van der Waals surface area contributed by atoms with Crippen LogP contribution in [0.4, 0.5) is 0 Å². The molecule has 0 spiro atoms. The van der Waals surface area contributed by atoms with E-state index in [4.69, 9.17) is 4.42 Å². The molecule has 0 aliphatic rings. The second kappa shape index (κ2) is 7.13. The van der Waals surface area contributed by atoms with Gasteiger partial charge in [0.25, 0.3) is 0 Å². The summed E-state index contributed by atoms with van der Waals surface area (Å²) in [7, 11) is 0. The molecule has 2 aromatic rings. The average Bonchev–Trinajstić information content (AvgIpc) is 2.73. The fraction of sp³-hybridized carbons (Fsp3) is 0.417. The minimum Gasteiger partial charge on any atom is -0.443 e. The molecule has 0 saturated carbocycles. The van der Waals surface area contributed by atoms with E-state index in [1.165, 1.54) is 6.39 Å². The fourth-order valence-electron chi connectivity index (χ4n) is 1.03. The van der Waals surface area contributed by atoms with Gasteiger partial charge in [-0.05, 0) is 18.6 Å². The van der Waals surface area contributed by atoms with Crippen LogP contribution in [0.5, 0.6) is 0 Å². The first-order valence-corrected chi connectivity index (χ1v) is 5.17. The van der Waals surface area contributed by atoms with Gasteiger partial charge < -0.3 is 4.42 Å². The summed E-state index contributed by atoms with van der Waals surface area (Å²) >= 11 is 0. The first-order valence-electron chi connectivity index (χ1n) is 5.17. The molecule has 0 bridgehead atoms. The zero-order valence-corrected chi connectivity index (χ0v) is 9.66. The standard InChI is InChI=1S/C8H7NO.2C2H6/c1-6-3-2-4-7-8(6)10-5-9-7;2*1-2/h2-5H,1H3;2*1-2H3. The maximum atomic E-state index is 5.14. The predicted molar refractivity (Wildman–Crippen MR) is 61.4 cm³/mol. The van der Waals surface area contributed by atoms with E-state index in [0.717, 1.165) is 16.7 Å². The van der Waals surface area contributed by atoms with Crippen molar-refractivity contribution in [3.05, 3.63) is 30.2 Å². The smallest absolute Gasteiger partial charge is 0.181 e. The number of aryl methyl sites for hydroxylation is 1. The lowest BCUT2D eigenvalue weighted by Gasteiger charge is -1.88. The molecule has 0 radical (unpaired) electrons. The van der Waals surface area contributed by atoms with Crippen LogP contribution in [0.2, 0.25) is 0 Å². The van der Waals surface area contributed by atoms with E-state index < -0.39 is 0 Å². The number of hydrogen-bond donors (Lipinski definition) is 0. The van der Waals surface area contributed by atoms with Gasteiger partial charge in [-0.3, -0.25) is 0 Å². The molecular weight excluding hydrogens is 174 g/mol. The molecule has 78 valence electrons. The summed E-state index contributed by atoms with van der Waals surface area (Å²) in [6, 6.07) is 5.92. The van der Waals surface area contributed by atoms with Crippen LogP contribution >= 0.6 is 0 Å². The highest BCUT2D eigenvalue weighted by atomic mass is 16.3. The Kier molecular flexibility index (Phi) is 6.46. The van der Waals surface area contributed by atoms with Gasteiger partial charge in [0.1, 0.15) is 5.52 Å². The highest BCUT2D eigenvalue weighted by molar-refractivity contribution is 5.75. The van der Waals surface area contributed by atoms with Crippen LogP contribution in [0.3, 0.4) is 0 Å². The average molecular weight is 193 g/mol. The van der Waals surface area contributed by atoms with Gasteiger partial charge in [0.15, 0.2) is 12.0 Å². The van der Waals surface area contributed by atoms with Crippen molar-refractivity contribution < 1.29 is 4.42 Å². The van der Waals surface area contributed by atoms with E-state index >= 15 is 0 Å². The zero-order chi connectivity index (χ0) is 11.0. The van der Waals surface area contributed by atoms with Crippen LogP contribution in [0, 0.1) is 6.92 Å². The van der Waals surface area contributed by atoms with E-state index in [1.54, 1.807) is 0 Å². The molecule has 0 aliphatic heterocycles. The van der Waals surface area contributed by atoms with Crippen LogP contribution in [-0.4, -0.2) is 4.98 Å². The van der Waals surface area contributed by atoms with E-state index in [-0.39, 0.29) is 0 Å². The number of fused-ring (bicyclic) bond motifs is 1. The minimum atomic E-state index is 0.891. The molecule has 0 atom stereocenters. The summed E-state index contributed by atoms with van der Waals surface area (Å²) in [4.78, 5) is 4.01. The molecule has 0 unspecified atom stereocenters. The van der Waals surface area contributed by atoms with Crippen molar-refractivity contribution in [2.24, 2.45) is 0 Å². The maximum Gasteiger partial charge on any atom is 0.181 e. The van der Waals surface area contributed by atoms with Gasteiger partial charge in [0.05, 0.1) is 0 Å². The third-order valence-electron chi connectivity index (χ3n) is 1.55. The number of oxazole rings is 1. The van der Waals surface area contributed by atoms with Crippen molar-refractivity contribution in [1.29, 1.82) is 0 Å².